The summed E-state index contributed by atoms with van der Waals surface area (Å²) in [5, 5.41) is 57.5. The van der Waals surface area contributed by atoms with E-state index in [1.807, 2.05) is 13.8 Å². The first-order valence-electron chi connectivity index (χ1n) is 22.2. The van der Waals surface area contributed by atoms with Crippen molar-refractivity contribution in [2.24, 2.45) is 29.2 Å². The fourth-order valence-electron chi connectivity index (χ4n) is 6.61. The number of nitrogens with two attached hydrogens (primary N) is 2. The van der Waals surface area contributed by atoms with Gasteiger partial charge in [-0.3, -0.25) is 48.6 Å². The highest BCUT2D eigenvalue weighted by atomic mass is 16.4. The Morgan fingerprint density at radius 3 is 1.45 bits per heavy atom. The molecule has 0 unspecified atom stereocenters. The number of Topliss-reactive ketones (excluding diaryl/α,β-unsaturated/α-hetero) is 1. The standard InChI is InChI=1S/C42H77N11O12/c1-21(2)19-23(5)35(59)47-24(6)36(60)53-34(27(9)56)41(65)50-28(13-10-11-17-43)38(62)51-31(20-22(3)4)40(64)48-29(14-12-18-46-42(44)45)37(61)49-30(15-16-32(57)58)39(63)52-33(25(7)54)26(8)55/h21-25,27-31,33-34,54,56H,10-20,43H2,1-9H3,(H,47,59)(H,48,64)(H,49,61)(H,50,65)(H,51,62)(H,52,63)(H,53,60)(H,57,58)(H4,44,45,46)/t23-,24-,25+,27+,28-,29-,30-,31-,33-,34-/m0/s1. The maximum absolute atomic E-state index is 14.0. The Balaban J connectivity index is 6.55. The Bertz CT molecular complexity index is 1610. The normalized spacial score (nSPS) is 15.8. The molecule has 0 bridgehead atoms. The van der Waals surface area contributed by atoms with Gasteiger partial charge in [0.05, 0.1) is 12.2 Å². The van der Waals surface area contributed by atoms with E-state index in [1.54, 1.807) is 20.8 Å². The molecule has 7 amide bonds. The number of carbonyl (C=O) groups is 9. The Kier molecular flexibility index (Phi) is 28.1. The zero-order valence-corrected chi connectivity index (χ0v) is 39.4. The highest BCUT2D eigenvalue weighted by Crippen LogP contribution is 2.13. The van der Waals surface area contributed by atoms with Crippen LogP contribution >= 0.6 is 0 Å². The number of amides is 7. The second-order valence-corrected chi connectivity index (χ2v) is 17.4. The maximum atomic E-state index is 14.0. The molecular weight excluding hydrogens is 851 g/mol. The van der Waals surface area contributed by atoms with E-state index in [1.165, 1.54) is 20.8 Å². The summed E-state index contributed by atoms with van der Waals surface area (Å²) in [5.41, 5.74) is 11.1. The number of unbranched alkanes of at least 4 members (excludes halogenated alkanes) is 1. The van der Waals surface area contributed by atoms with Gasteiger partial charge >= 0.3 is 5.97 Å². The topological polar surface area (TPSA) is 386 Å². The molecule has 0 aliphatic heterocycles. The number of aliphatic hydroxyl groups excluding tert-OH is 2. The lowest BCUT2D eigenvalue weighted by atomic mass is 9.98. The largest absolute Gasteiger partial charge is 0.481 e. The molecule has 23 heteroatoms. The second-order valence-electron chi connectivity index (χ2n) is 17.4. The Morgan fingerprint density at radius 1 is 0.538 bits per heavy atom. The van der Waals surface area contributed by atoms with Crippen molar-refractivity contribution in [2.75, 3.05) is 13.1 Å². The SMILES string of the molecule is CC(=O)[C@@H](NC(=O)[C@H](CCC(=O)O)NC(=O)[C@H](CCCNC(=N)N)NC(=O)[C@H](CC(C)C)NC(=O)[C@H](CCCCN)NC(=O)[C@@H](NC(=O)[C@H](C)NC(=O)[C@@H](C)CC(C)C)[C@@H](C)O)[C@@H](C)O. The van der Waals surface area contributed by atoms with Crippen molar-refractivity contribution in [1.82, 2.24) is 42.5 Å². The Hall–Kier alpha value is -5.42. The number of rotatable bonds is 32. The minimum atomic E-state index is -1.56. The molecule has 0 fully saturated rings. The van der Waals surface area contributed by atoms with Gasteiger partial charge in [-0.15, -0.1) is 0 Å². The summed E-state index contributed by atoms with van der Waals surface area (Å²) in [4.78, 5) is 118. The van der Waals surface area contributed by atoms with Crippen molar-refractivity contribution in [2.45, 2.75) is 175 Å². The zero-order valence-electron chi connectivity index (χ0n) is 39.4. The van der Waals surface area contributed by atoms with E-state index in [0.29, 0.717) is 19.3 Å². The van der Waals surface area contributed by atoms with E-state index in [2.05, 4.69) is 42.5 Å². The van der Waals surface area contributed by atoms with Crippen LogP contribution in [0.15, 0.2) is 0 Å². The molecule has 10 atom stereocenters. The number of carboxylic acids is 1. The third-order valence-corrected chi connectivity index (χ3v) is 10.1. The first-order valence-corrected chi connectivity index (χ1v) is 22.2. The third kappa shape index (κ3) is 24.4. The van der Waals surface area contributed by atoms with Gasteiger partial charge in [0.25, 0.3) is 0 Å². The molecule has 0 radical (unpaired) electrons. The number of hydrogen-bond donors (Lipinski definition) is 14. The number of carboxylic acid groups (broad SMARTS) is 1. The van der Waals surface area contributed by atoms with Crippen LogP contribution in [-0.2, 0) is 43.2 Å². The summed E-state index contributed by atoms with van der Waals surface area (Å²) < 4.78 is 0. The van der Waals surface area contributed by atoms with E-state index in [-0.39, 0.29) is 68.4 Å². The monoisotopic (exact) mass is 928 g/mol. The molecule has 0 spiro atoms. The van der Waals surface area contributed by atoms with Gasteiger partial charge in [0.1, 0.15) is 42.3 Å². The number of aliphatic carboxylic acids is 1. The van der Waals surface area contributed by atoms with Crippen LogP contribution in [0, 0.1) is 23.2 Å². The van der Waals surface area contributed by atoms with Crippen LogP contribution in [0.1, 0.15) is 120 Å². The highest BCUT2D eigenvalue weighted by Gasteiger charge is 2.35. The Morgan fingerprint density at radius 2 is 0.985 bits per heavy atom. The van der Waals surface area contributed by atoms with Crippen molar-refractivity contribution < 1.29 is 58.5 Å². The third-order valence-electron chi connectivity index (χ3n) is 10.1. The molecule has 0 saturated carbocycles. The number of ketones is 1. The summed E-state index contributed by atoms with van der Waals surface area (Å²) in [6, 6.07) is -9.58. The van der Waals surface area contributed by atoms with Crippen molar-refractivity contribution in [3.05, 3.63) is 0 Å². The van der Waals surface area contributed by atoms with Crippen LogP contribution in [0.2, 0.25) is 0 Å². The van der Waals surface area contributed by atoms with Crippen LogP contribution < -0.4 is 54.0 Å². The summed E-state index contributed by atoms with van der Waals surface area (Å²) in [7, 11) is 0. The van der Waals surface area contributed by atoms with Gasteiger partial charge in [0.2, 0.25) is 41.4 Å². The van der Waals surface area contributed by atoms with E-state index < -0.39 is 115 Å². The maximum Gasteiger partial charge on any atom is 0.303 e. The first kappa shape index (κ1) is 59.6. The predicted octanol–water partition coefficient (Wildman–Crippen LogP) is -2.26. The minimum absolute atomic E-state index is 0.0268. The van der Waals surface area contributed by atoms with E-state index in [9.17, 15) is 58.5 Å². The average molecular weight is 928 g/mol. The van der Waals surface area contributed by atoms with Gasteiger partial charge < -0.3 is 69.3 Å². The van der Waals surface area contributed by atoms with Crippen molar-refractivity contribution in [3.63, 3.8) is 0 Å². The van der Waals surface area contributed by atoms with Crippen molar-refractivity contribution in [1.29, 1.82) is 5.41 Å². The first-order chi connectivity index (χ1) is 30.2. The molecule has 0 saturated heterocycles. The molecule has 0 aromatic carbocycles. The molecule has 65 heavy (non-hydrogen) atoms. The van der Waals surface area contributed by atoms with Crippen LogP contribution in [0.25, 0.3) is 0 Å². The average Bonchev–Trinajstić information content (AvgIpc) is 3.19. The van der Waals surface area contributed by atoms with Gasteiger partial charge in [-0.05, 0) is 97.4 Å². The summed E-state index contributed by atoms with van der Waals surface area (Å²) in [5.74, 6) is -8.28. The molecule has 16 N–H and O–H groups in total. The minimum Gasteiger partial charge on any atom is -0.481 e. The van der Waals surface area contributed by atoms with Crippen LogP contribution in [0.4, 0.5) is 0 Å². The van der Waals surface area contributed by atoms with Crippen molar-refractivity contribution >= 4 is 59.1 Å². The summed E-state index contributed by atoms with van der Waals surface area (Å²) >= 11 is 0. The van der Waals surface area contributed by atoms with Gasteiger partial charge in [-0.1, -0.05) is 34.6 Å². The molecule has 372 valence electrons. The number of aliphatic hydroxyl groups is 2. The fraction of sp³-hybridized carbons (Fsp3) is 0.762. The lowest BCUT2D eigenvalue weighted by Gasteiger charge is -2.29. The number of nitrogens with one attached hydrogen (secondary N) is 9. The van der Waals surface area contributed by atoms with E-state index in [0.717, 1.165) is 6.92 Å². The molecule has 0 aromatic heterocycles. The molecular formula is C42H77N11O12. The predicted molar refractivity (Wildman–Crippen MR) is 240 cm³/mol. The van der Waals surface area contributed by atoms with E-state index >= 15 is 0 Å². The lowest BCUT2D eigenvalue weighted by molar-refractivity contribution is -0.139. The number of hydrogen-bond acceptors (Lipinski definition) is 13. The smallest absolute Gasteiger partial charge is 0.303 e. The van der Waals surface area contributed by atoms with Gasteiger partial charge in [0.15, 0.2) is 11.7 Å². The second kappa shape index (κ2) is 30.7. The number of guanidine groups is 1. The van der Waals surface area contributed by atoms with Crippen LogP contribution in [0.3, 0.4) is 0 Å². The molecule has 0 heterocycles. The molecule has 0 aliphatic rings. The van der Waals surface area contributed by atoms with E-state index in [4.69, 9.17) is 16.9 Å². The quantitative estimate of drug-likeness (QED) is 0.0192. The summed E-state index contributed by atoms with van der Waals surface area (Å²) in [6.07, 6.45) is -2.33. The fourth-order valence-corrected chi connectivity index (χ4v) is 6.61. The molecule has 0 aliphatic carbocycles. The van der Waals surface area contributed by atoms with Gasteiger partial charge in [-0.25, -0.2) is 0 Å². The highest BCUT2D eigenvalue weighted by molar-refractivity contribution is 5.98. The van der Waals surface area contributed by atoms with Crippen LogP contribution in [-0.4, -0.2) is 142 Å². The Labute approximate surface area is 381 Å². The molecule has 23 nitrogen and oxygen atoms in total. The molecule has 0 rings (SSSR count). The van der Waals surface area contributed by atoms with Crippen LogP contribution in [0.5, 0.6) is 0 Å². The van der Waals surface area contributed by atoms with Gasteiger partial charge in [0, 0.05) is 18.9 Å². The van der Waals surface area contributed by atoms with Crippen molar-refractivity contribution in [3.8, 4) is 0 Å². The molecule has 0 aromatic rings. The summed E-state index contributed by atoms with van der Waals surface area (Å²) in [6.45, 7) is 14.6. The number of carbonyl (C=O) groups excluding carboxylic acids is 8. The zero-order chi connectivity index (χ0) is 50.1. The lowest BCUT2D eigenvalue weighted by Crippen LogP contribution is -2.61. The van der Waals surface area contributed by atoms with Gasteiger partial charge in [-0.2, -0.15) is 0 Å².